The van der Waals surface area contributed by atoms with Gasteiger partial charge in [-0.25, -0.2) is 0 Å². The van der Waals surface area contributed by atoms with E-state index >= 15 is 0 Å². The Morgan fingerprint density at radius 3 is 2.40 bits per heavy atom. The van der Waals surface area contributed by atoms with Crippen molar-refractivity contribution in [3.63, 3.8) is 0 Å². The van der Waals surface area contributed by atoms with E-state index in [9.17, 15) is 14.2 Å². The fourth-order valence-electron chi connectivity index (χ4n) is 2.85. The molecule has 162 valence electrons. The van der Waals surface area contributed by atoms with E-state index in [1.807, 2.05) is 42.5 Å². The average Bonchev–Trinajstić information content (AvgIpc) is 2.70. The number of carboxylic acids is 1. The number of hydrogen-bond acceptors (Lipinski definition) is 5. The first-order chi connectivity index (χ1) is 14.2. The van der Waals surface area contributed by atoms with Gasteiger partial charge in [-0.05, 0) is 22.8 Å². The Kier molecular flexibility index (Phi) is 8.56. The van der Waals surface area contributed by atoms with Crippen molar-refractivity contribution in [1.82, 2.24) is 10.6 Å². The number of hydrogen-bond donors (Lipinski definition) is 5. The Bertz CT molecular complexity index is 915. The lowest BCUT2D eigenvalue weighted by Crippen LogP contribution is -2.46. The molecule has 0 heterocycles. The van der Waals surface area contributed by atoms with Gasteiger partial charge in [-0.3, -0.25) is 19.5 Å². The van der Waals surface area contributed by atoms with Gasteiger partial charge in [0.25, 0.3) is 0 Å². The maximum absolute atomic E-state index is 12.5. The van der Waals surface area contributed by atoms with Gasteiger partial charge < -0.3 is 24.9 Å². The summed E-state index contributed by atoms with van der Waals surface area (Å²) in [7, 11) is -2.89. The first-order valence-corrected chi connectivity index (χ1v) is 11.0. The fraction of sp³-hybridized carbons (Fsp3) is 0.300. The summed E-state index contributed by atoms with van der Waals surface area (Å²) in [4.78, 5) is 41.4. The minimum Gasteiger partial charge on any atom is -0.496 e. The summed E-state index contributed by atoms with van der Waals surface area (Å²) in [6, 6.07) is 14.2. The van der Waals surface area contributed by atoms with Crippen molar-refractivity contribution in [2.45, 2.75) is 18.9 Å². The lowest BCUT2D eigenvalue weighted by molar-refractivity contribution is -0.137. The molecule has 30 heavy (non-hydrogen) atoms. The molecule has 1 atom stereocenters. The summed E-state index contributed by atoms with van der Waals surface area (Å²) in [6.45, 7) is -0.0909. The van der Waals surface area contributed by atoms with Crippen molar-refractivity contribution in [3.8, 4) is 16.9 Å². The molecule has 0 saturated carbocycles. The highest BCUT2D eigenvalue weighted by Gasteiger charge is 2.24. The third-order valence-corrected chi connectivity index (χ3v) is 4.91. The summed E-state index contributed by atoms with van der Waals surface area (Å²) in [5, 5.41) is 13.7. The van der Waals surface area contributed by atoms with Crippen molar-refractivity contribution in [3.05, 3.63) is 54.1 Å². The zero-order chi connectivity index (χ0) is 22.1. The maximum atomic E-state index is 12.5. The Hall–Kier alpha value is -2.71. The molecular weight excluding hydrogens is 411 g/mol. The van der Waals surface area contributed by atoms with Crippen LogP contribution in [0, 0.1) is 0 Å². The van der Waals surface area contributed by atoms with Crippen LogP contribution in [0.1, 0.15) is 12.0 Å². The van der Waals surface area contributed by atoms with Gasteiger partial charge in [-0.15, -0.1) is 0 Å². The van der Waals surface area contributed by atoms with Crippen LogP contribution >= 0.6 is 7.60 Å². The van der Waals surface area contributed by atoms with Crippen LogP contribution in [0.4, 0.5) is 0 Å². The number of carbonyl (C=O) groups excluding carboxylic acids is 1. The predicted molar refractivity (Wildman–Crippen MR) is 111 cm³/mol. The normalized spacial score (nSPS) is 12.2. The van der Waals surface area contributed by atoms with Crippen molar-refractivity contribution in [2.24, 2.45) is 0 Å². The molecule has 0 saturated heterocycles. The minimum atomic E-state index is -4.39. The summed E-state index contributed by atoms with van der Waals surface area (Å²) < 4.78 is 16.7. The third kappa shape index (κ3) is 7.61. The van der Waals surface area contributed by atoms with Gasteiger partial charge >= 0.3 is 13.6 Å². The first-order valence-electron chi connectivity index (χ1n) is 9.19. The van der Waals surface area contributed by atoms with Gasteiger partial charge in [-0.1, -0.05) is 42.5 Å². The summed E-state index contributed by atoms with van der Waals surface area (Å²) in [5.41, 5.74) is 2.57. The number of amides is 1. The monoisotopic (exact) mass is 436 g/mol. The van der Waals surface area contributed by atoms with Gasteiger partial charge in [0.2, 0.25) is 5.91 Å². The van der Waals surface area contributed by atoms with Crippen LogP contribution in [0.25, 0.3) is 11.1 Å². The lowest BCUT2D eigenvalue weighted by Gasteiger charge is -2.20. The van der Waals surface area contributed by atoms with E-state index < -0.39 is 31.8 Å². The van der Waals surface area contributed by atoms with Crippen molar-refractivity contribution in [2.75, 3.05) is 19.9 Å². The number of aliphatic carboxylic acids is 1. The largest absolute Gasteiger partial charge is 0.496 e. The zero-order valence-corrected chi connectivity index (χ0v) is 17.3. The Balaban J connectivity index is 2.21. The average molecular weight is 436 g/mol. The zero-order valence-electron chi connectivity index (χ0n) is 16.4. The molecule has 2 aromatic rings. The topological polar surface area (TPSA) is 145 Å². The van der Waals surface area contributed by atoms with Gasteiger partial charge in [0, 0.05) is 13.0 Å². The van der Waals surface area contributed by atoms with E-state index in [-0.39, 0.29) is 19.4 Å². The quantitative estimate of drug-likeness (QED) is 0.334. The fourth-order valence-corrected chi connectivity index (χ4v) is 3.30. The Morgan fingerprint density at radius 1 is 1.10 bits per heavy atom. The van der Waals surface area contributed by atoms with E-state index in [4.69, 9.17) is 19.6 Å². The van der Waals surface area contributed by atoms with Crippen LogP contribution in [-0.4, -0.2) is 52.8 Å². The lowest BCUT2D eigenvalue weighted by atomic mass is 9.99. The molecule has 5 N–H and O–H groups in total. The molecule has 0 fully saturated rings. The first kappa shape index (κ1) is 23.6. The number of benzene rings is 2. The highest BCUT2D eigenvalue weighted by atomic mass is 31.2. The van der Waals surface area contributed by atoms with Crippen LogP contribution in [0.5, 0.6) is 5.75 Å². The van der Waals surface area contributed by atoms with Gasteiger partial charge in [0.1, 0.15) is 5.75 Å². The molecule has 9 nitrogen and oxygen atoms in total. The molecule has 2 aromatic carbocycles. The molecule has 1 amide bonds. The van der Waals surface area contributed by atoms with Crippen molar-refractivity contribution < 1.29 is 33.8 Å². The molecule has 0 radical (unpaired) electrons. The van der Waals surface area contributed by atoms with Gasteiger partial charge in [0.05, 0.1) is 25.9 Å². The molecule has 2 rings (SSSR count). The minimum absolute atomic E-state index is 0.0909. The second-order valence-electron chi connectivity index (χ2n) is 6.61. The van der Waals surface area contributed by atoms with Crippen molar-refractivity contribution >= 4 is 19.5 Å². The highest BCUT2D eigenvalue weighted by Crippen LogP contribution is 2.33. The molecule has 0 spiro atoms. The number of ether oxygens (including phenoxy) is 1. The molecule has 0 aliphatic heterocycles. The summed E-state index contributed by atoms with van der Waals surface area (Å²) in [5.74, 6) is -1.09. The van der Waals surface area contributed by atoms with Crippen molar-refractivity contribution in [1.29, 1.82) is 0 Å². The van der Waals surface area contributed by atoms with E-state index in [1.54, 1.807) is 6.07 Å². The molecule has 0 aromatic heterocycles. The van der Waals surface area contributed by atoms with Gasteiger partial charge in [0.15, 0.2) is 0 Å². The summed E-state index contributed by atoms with van der Waals surface area (Å²) in [6.07, 6.45) is -0.850. The van der Waals surface area contributed by atoms with Crippen LogP contribution in [0.2, 0.25) is 0 Å². The summed E-state index contributed by atoms with van der Waals surface area (Å²) >= 11 is 0. The molecule has 0 bridgehead atoms. The number of methoxy groups -OCH3 is 1. The molecule has 0 aliphatic rings. The van der Waals surface area contributed by atoms with Crippen LogP contribution in [-0.2, 0) is 20.6 Å². The second-order valence-corrected chi connectivity index (χ2v) is 8.26. The third-order valence-electron chi connectivity index (χ3n) is 4.32. The Labute approximate surface area is 174 Å². The van der Waals surface area contributed by atoms with E-state index in [0.717, 1.165) is 11.1 Å². The maximum Gasteiger partial charge on any atom is 0.339 e. The smallest absolute Gasteiger partial charge is 0.339 e. The molecule has 10 heteroatoms. The highest BCUT2D eigenvalue weighted by molar-refractivity contribution is 7.51. The number of carbonyl (C=O) groups is 2. The van der Waals surface area contributed by atoms with Crippen LogP contribution in [0.15, 0.2) is 48.5 Å². The molecular formula is C20H25N2O7P. The molecule has 1 unspecified atom stereocenters. The number of rotatable bonds is 11. The van der Waals surface area contributed by atoms with E-state index in [2.05, 4.69) is 10.6 Å². The molecule has 0 aliphatic carbocycles. The van der Waals surface area contributed by atoms with Crippen LogP contribution in [0.3, 0.4) is 0 Å². The SMILES string of the molecule is COc1cc(-c2ccccc2)ccc1CC(NCP(=O)(O)O)C(=O)NCCC(=O)O. The van der Waals surface area contributed by atoms with E-state index in [1.165, 1.54) is 7.11 Å². The second kappa shape index (κ2) is 10.9. The van der Waals surface area contributed by atoms with Gasteiger partial charge in [-0.2, -0.15) is 0 Å². The van der Waals surface area contributed by atoms with E-state index in [0.29, 0.717) is 11.3 Å². The Morgan fingerprint density at radius 2 is 1.80 bits per heavy atom. The predicted octanol–water partition coefficient (Wildman–Crippen LogP) is 1.59. The number of nitrogens with one attached hydrogen (secondary N) is 2. The number of carboxylic acid groups (broad SMARTS) is 1. The van der Waals surface area contributed by atoms with Crippen LogP contribution < -0.4 is 15.4 Å². The standard InChI is InChI=1S/C20H25N2O7P/c1-29-18-12-15(14-5-3-2-4-6-14)7-8-16(18)11-17(22-13-30(26,27)28)20(25)21-10-9-19(23)24/h2-8,12,17,22H,9-11,13H2,1H3,(H,21,25)(H,23,24)(H2,26,27,28).